The third-order valence-electron chi connectivity index (χ3n) is 5.90. The summed E-state index contributed by atoms with van der Waals surface area (Å²) >= 11 is 0. The van der Waals surface area contributed by atoms with Crippen LogP contribution in [0.5, 0.6) is 11.5 Å². The number of H-pyrrole nitrogens is 1. The monoisotopic (exact) mass is 433 g/mol. The number of likely N-dealkylation sites (tertiary alicyclic amines) is 1. The van der Waals surface area contributed by atoms with E-state index >= 15 is 0 Å². The van der Waals surface area contributed by atoms with Gasteiger partial charge in [0.05, 0.1) is 20.3 Å². The van der Waals surface area contributed by atoms with Gasteiger partial charge in [-0.2, -0.15) is 4.31 Å². The van der Waals surface area contributed by atoms with Gasteiger partial charge in [-0.25, -0.2) is 8.42 Å². The summed E-state index contributed by atoms with van der Waals surface area (Å²) in [5.41, 5.74) is 1.17. The molecular weight excluding hydrogens is 406 g/mol. The Hall–Kier alpha value is -2.52. The first-order chi connectivity index (χ1) is 14.5. The van der Waals surface area contributed by atoms with Gasteiger partial charge in [-0.15, -0.1) is 0 Å². The molecule has 3 heterocycles. The van der Waals surface area contributed by atoms with Gasteiger partial charge in [0.2, 0.25) is 10.0 Å². The van der Waals surface area contributed by atoms with Crippen molar-refractivity contribution in [3.05, 3.63) is 41.7 Å². The van der Waals surface area contributed by atoms with Crippen molar-refractivity contribution in [2.24, 2.45) is 0 Å². The molecule has 1 aromatic heterocycles. The number of amides is 1. The van der Waals surface area contributed by atoms with E-state index in [2.05, 4.69) is 4.98 Å². The summed E-state index contributed by atoms with van der Waals surface area (Å²) in [5.74, 6) is 1.18. The van der Waals surface area contributed by atoms with E-state index in [9.17, 15) is 13.2 Å². The topological polar surface area (TPSA) is 91.9 Å². The first-order valence-electron chi connectivity index (χ1n) is 10.2. The van der Waals surface area contributed by atoms with Gasteiger partial charge in [0.15, 0.2) is 0 Å². The second-order valence-electron chi connectivity index (χ2n) is 7.62. The van der Waals surface area contributed by atoms with Crippen molar-refractivity contribution in [1.82, 2.24) is 14.2 Å². The SMILES string of the molecule is COc1ccc(OC)c([C@@H]2CCCN2C(=O)c2cc(S(=O)(=O)N3CCCC3)c[nH]2)c1. The highest BCUT2D eigenvalue weighted by atomic mass is 32.2. The standard InChI is InChI=1S/C21H27N3O5S/c1-28-15-7-8-20(29-2)17(12-15)19-6-5-11-24(19)21(25)18-13-16(14-22-18)30(26,27)23-9-3-4-10-23/h7-8,12-14,19,22H,3-6,9-11H2,1-2H3/t19-/m0/s1. The van der Waals surface area contributed by atoms with Gasteiger partial charge in [-0.05, 0) is 49.9 Å². The lowest BCUT2D eigenvalue weighted by atomic mass is 10.0. The van der Waals surface area contributed by atoms with E-state index in [4.69, 9.17) is 9.47 Å². The number of methoxy groups -OCH3 is 2. The summed E-state index contributed by atoms with van der Waals surface area (Å²) in [6.45, 7) is 1.65. The molecule has 30 heavy (non-hydrogen) atoms. The molecule has 0 unspecified atom stereocenters. The van der Waals surface area contributed by atoms with Crippen molar-refractivity contribution in [3.63, 3.8) is 0 Å². The van der Waals surface area contributed by atoms with Crippen LogP contribution in [-0.4, -0.2) is 62.4 Å². The largest absolute Gasteiger partial charge is 0.497 e. The zero-order valence-electron chi connectivity index (χ0n) is 17.3. The van der Waals surface area contributed by atoms with Crippen molar-refractivity contribution in [2.75, 3.05) is 33.9 Å². The Balaban J connectivity index is 1.60. The maximum Gasteiger partial charge on any atom is 0.270 e. The maximum atomic E-state index is 13.3. The van der Waals surface area contributed by atoms with Gasteiger partial charge < -0.3 is 19.4 Å². The van der Waals surface area contributed by atoms with Crippen molar-refractivity contribution in [3.8, 4) is 11.5 Å². The highest BCUT2D eigenvalue weighted by Gasteiger charge is 2.34. The average molecular weight is 434 g/mol. The molecule has 0 saturated carbocycles. The van der Waals surface area contributed by atoms with Gasteiger partial charge in [0.25, 0.3) is 5.91 Å². The summed E-state index contributed by atoms with van der Waals surface area (Å²) in [7, 11) is -0.360. The summed E-state index contributed by atoms with van der Waals surface area (Å²) < 4.78 is 37.9. The number of nitrogens with one attached hydrogen (secondary N) is 1. The van der Waals surface area contributed by atoms with Gasteiger partial charge in [-0.3, -0.25) is 4.79 Å². The Morgan fingerprint density at radius 3 is 2.53 bits per heavy atom. The second-order valence-corrected chi connectivity index (χ2v) is 9.56. The van der Waals surface area contributed by atoms with E-state index in [0.717, 1.165) is 31.2 Å². The normalized spacial score (nSPS) is 19.9. The number of hydrogen-bond donors (Lipinski definition) is 1. The van der Waals surface area contributed by atoms with Crippen LogP contribution >= 0.6 is 0 Å². The molecule has 1 aromatic carbocycles. The molecule has 1 amide bonds. The van der Waals surface area contributed by atoms with Crippen LogP contribution in [0.25, 0.3) is 0 Å². The van der Waals surface area contributed by atoms with Crippen LogP contribution in [0.15, 0.2) is 35.4 Å². The molecule has 0 radical (unpaired) electrons. The molecule has 2 saturated heterocycles. The number of carbonyl (C=O) groups excluding carboxylic acids is 1. The summed E-state index contributed by atoms with van der Waals surface area (Å²) in [6, 6.07) is 6.85. The molecule has 2 aliphatic rings. The van der Waals surface area contributed by atoms with Crippen molar-refractivity contribution < 1.29 is 22.7 Å². The predicted octanol–water partition coefficient (Wildman–Crippen LogP) is 2.79. The van der Waals surface area contributed by atoms with Crippen LogP contribution < -0.4 is 9.47 Å². The molecule has 4 rings (SSSR count). The first-order valence-corrected chi connectivity index (χ1v) is 11.6. The van der Waals surface area contributed by atoms with E-state index in [0.29, 0.717) is 31.1 Å². The molecular formula is C21H27N3O5S. The summed E-state index contributed by atoms with van der Waals surface area (Å²) in [5, 5.41) is 0. The van der Waals surface area contributed by atoms with Crippen LogP contribution in [0, 0.1) is 0 Å². The highest BCUT2D eigenvalue weighted by molar-refractivity contribution is 7.89. The fourth-order valence-corrected chi connectivity index (χ4v) is 5.82. The number of carbonyl (C=O) groups is 1. The molecule has 9 heteroatoms. The van der Waals surface area contributed by atoms with E-state index in [1.165, 1.54) is 16.6 Å². The minimum absolute atomic E-state index is 0.141. The molecule has 1 N–H and O–H groups in total. The van der Waals surface area contributed by atoms with Crippen LogP contribution in [0.2, 0.25) is 0 Å². The van der Waals surface area contributed by atoms with Gasteiger partial charge in [0, 0.05) is 31.4 Å². The molecule has 162 valence electrons. The molecule has 0 spiro atoms. The van der Waals surface area contributed by atoms with Gasteiger partial charge >= 0.3 is 0 Å². The maximum absolute atomic E-state index is 13.3. The predicted molar refractivity (Wildman–Crippen MR) is 111 cm³/mol. The number of ether oxygens (including phenoxy) is 2. The molecule has 0 aliphatic carbocycles. The molecule has 2 aromatic rings. The molecule has 8 nitrogen and oxygen atoms in total. The number of benzene rings is 1. The van der Waals surface area contributed by atoms with E-state index < -0.39 is 10.0 Å². The Morgan fingerprint density at radius 1 is 1.07 bits per heavy atom. The Bertz CT molecular complexity index is 1030. The van der Waals surface area contributed by atoms with Crippen LogP contribution in [0.4, 0.5) is 0 Å². The average Bonchev–Trinajstić information content (AvgIpc) is 3.53. The van der Waals surface area contributed by atoms with E-state index in [1.807, 2.05) is 18.2 Å². The van der Waals surface area contributed by atoms with Gasteiger partial charge in [-0.1, -0.05) is 0 Å². The number of hydrogen-bond acceptors (Lipinski definition) is 5. The van der Waals surface area contributed by atoms with Gasteiger partial charge in [0.1, 0.15) is 22.1 Å². The van der Waals surface area contributed by atoms with E-state index in [1.54, 1.807) is 19.1 Å². The first kappa shape index (κ1) is 20.7. The Labute approximate surface area is 176 Å². The van der Waals surface area contributed by atoms with Crippen molar-refractivity contribution in [2.45, 2.75) is 36.6 Å². The number of sulfonamides is 1. The lowest BCUT2D eigenvalue weighted by Crippen LogP contribution is -2.31. The van der Waals surface area contributed by atoms with Crippen molar-refractivity contribution >= 4 is 15.9 Å². The number of aromatic amines is 1. The van der Waals surface area contributed by atoms with Crippen molar-refractivity contribution in [1.29, 1.82) is 0 Å². The number of nitrogens with zero attached hydrogens (tertiary/aromatic N) is 2. The fraction of sp³-hybridized carbons (Fsp3) is 0.476. The number of rotatable bonds is 6. The fourth-order valence-electron chi connectivity index (χ4n) is 4.31. The molecule has 2 fully saturated rings. The minimum Gasteiger partial charge on any atom is -0.497 e. The Kier molecular flexibility index (Phi) is 5.75. The van der Waals surface area contributed by atoms with Crippen LogP contribution in [0.3, 0.4) is 0 Å². The zero-order valence-corrected chi connectivity index (χ0v) is 18.1. The lowest BCUT2D eigenvalue weighted by Gasteiger charge is -2.26. The minimum atomic E-state index is -3.57. The molecule has 0 bridgehead atoms. The highest BCUT2D eigenvalue weighted by Crippen LogP contribution is 2.39. The van der Waals surface area contributed by atoms with E-state index in [-0.39, 0.29) is 22.5 Å². The smallest absolute Gasteiger partial charge is 0.270 e. The molecule has 2 aliphatic heterocycles. The zero-order chi connectivity index (χ0) is 21.3. The lowest BCUT2D eigenvalue weighted by molar-refractivity contribution is 0.0728. The third-order valence-corrected chi connectivity index (χ3v) is 7.78. The molecule has 1 atom stereocenters. The summed E-state index contributed by atoms with van der Waals surface area (Å²) in [6.07, 6.45) is 4.81. The van der Waals surface area contributed by atoms with Crippen LogP contribution in [-0.2, 0) is 10.0 Å². The van der Waals surface area contributed by atoms with Crippen LogP contribution in [0.1, 0.15) is 47.8 Å². The summed E-state index contributed by atoms with van der Waals surface area (Å²) in [4.78, 5) is 18.1. The Morgan fingerprint density at radius 2 is 1.83 bits per heavy atom. The number of aromatic nitrogens is 1. The quantitative estimate of drug-likeness (QED) is 0.756. The second kappa shape index (κ2) is 8.31. The third kappa shape index (κ3) is 3.67.